The zero-order valence-electron chi connectivity index (χ0n) is 53.6. The van der Waals surface area contributed by atoms with Crippen LogP contribution in [-0.2, 0) is 71.9 Å². The number of amides is 13. The van der Waals surface area contributed by atoms with Gasteiger partial charge in [0.1, 0.15) is 59.9 Å². The molecule has 0 bridgehead atoms. The lowest BCUT2D eigenvalue weighted by Crippen LogP contribution is -2.66. The summed E-state index contributed by atoms with van der Waals surface area (Å²) in [5.74, 6) is -17.3. The number of nitrogens with one attached hydrogen (secondary N) is 10. The van der Waals surface area contributed by atoms with E-state index in [0.717, 1.165) is 13.8 Å². The van der Waals surface area contributed by atoms with Crippen LogP contribution in [-0.4, -0.2) is 182 Å². The maximum Gasteiger partial charge on any atom is 0.305 e. The fourth-order valence-corrected chi connectivity index (χ4v) is 9.45. The molecule has 0 saturated carbocycles. The summed E-state index contributed by atoms with van der Waals surface area (Å²) in [4.78, 5) is 202. The van der Waals surface area contributed by atoms with Crippen molar-refractivity contribution in [3.05, 3.63) is 12.2 Å². The predicted octanol–water partition coefficient (Wildman–Crippen LogP) is -4.17. The van der Waals surface area contributed by atoms with Gasteiger partial charge in [-0.2, -0.15) is 0 Å². The van der Waals surface area contributed by atoms with E-state index < -0.39 is 210 Å². The Morgan fingerprint density at radius 3 is 1.67 bits per heavy atom. The Hall–Kier alpha value is -8.13. The lowest BCUT2D eigenvalue weighted by Gasteiger charge is -2.36. The Balaban J connectivity index is 3.77. The van der Waals surface area contributed by atoms with Crippen LogP contribution in [0.15, 0.2) is 12.2 Å². The molecule has 0 aromatic rings. The number of Topliss-reactive ketones (excluding diaryl/α,β-unsaturated/α-hetero) is 1. The van der Waals surface area contributed by atoms with Crippen LogP contribution in [0.4, 0.5) is 0 Å². The molecule has 0 radical (unpaired) electrons. The SMILES string of the molecule is CC[C@H](C)[C@H](NC(=O)[C@H](C)NC(=O)[C@H](CC(N)=O)NC(=O)[C@H](CCC(N)=O)NC(=O)[C@@H](N)[C@@H](C)O)C(=O)N[C@@H](CC(=O)O)C(=O)N[C@@]1(C)CCC/C=C\CCC[C@@](C)(C(=O)C(C)(C)C)NC(=O)[C@H](CC(N)=O)NC(=O)[C@H]([C@@H](C)O)NC(=O)[C@H]([C@@H](C)CC)NC1=O. The van der Waals surface area contributed by atoms with Gasteiger partial charge in [0, 0.05) is 11.8 Å². The number of allylic oxidation sites excluding steroid dienone is 2. The summed E-state index contributed by atoms with van der Waals surface area (Å²) < 4.78 is 0. The van der Waals surface area contributed by atoms with Crippen molar-refractivity contribution in [1.29, 1.82) is 0 Å². The molecule has 508 valence electrons. The van der Waals surface area contributed by atoms with Crippen molar-refractivity contribution in [2.75, 3.05) is 0 Å². The van der Waals surface area contributed by atoms with E-state index in [0.29, 0.717) is 12.8 Å². The molecular formula is C58H98N14O18. The second kappa shape index (κ2) is 36.5. The number of ketones is 1. The number of carbonyl (C=O) groups excluding carboxylic acids is 14. The van der Waals surface area contributed by atoms with E-state index in [1.54, 1.807) is 53.7 Å². The number of aliphatic hydroxyl groups excluding tert-OH is 2. The Bertz CT molecular complexity index is 2650. The number of aliphatic hydroxyl groups is 2. The molecule has 0 unspecified atom stereocenters. The average Bonchev–Trinajstić information content (AvgIpc) is 0.981. The van der Waals surface area contributed by atoms with Gasteiger partial charge < -0.3 is 91.4 Å². The zero-order chi connectivity index (χ0) is 69.3. The molecule has 32 heteroatoms. The van der Waals surface area contributed by atoms with E-state index in [2.05, 4.69) is 53.2 Å². The molecule has 1 aliphatic rings. The van der Waals surface area contributed by atoms with Crippen molar-refractivity contribution < 1.29 is 87.2 Å². The van der Waals surface area contributed by atoms with E-state index in [9.17, 15) is 87.2 Å². The maximum absolute atomic E-state index is 14.7. The summed E-state index contributed by atoms with van der Waals surface area (Å²) in [5.41, 5.74) is 17.2. The molecule has 21 N–H and O–H groups in total. The molecule has 90 heavy (non-hydrogen) atoms. The summed E-state index contributed by atoms with van der Waals surface area (Å²) in [6, 6.07) is -15.1. The summed E-state index contributed by atoms with van der Waals surface area (Å²) in [5, 5.41) is 55.0. The fraction of sp³-hybridized carbons (Fsp3) is 0.707. The lowest BCUT2D eigenvalue weighted by atomic mass is 9.76. The third-order valence-corrected chi connectivity index (χ3v) is 15.4. The summed E-state index contributed by atoms with van der Waals surface area (Å²) >= 11 is 0. The minimum absolute atomic E-state index is 0.0848. The molecule has 1 rings (SSSR count). The van der Waals surface area contributed by atoms with E-state index >= 15 is 0 Å². The highest BCUT2D eigenvalue weighted by Crippen LogP contribution is 2.28. The van der Waals surface area contributed by atoms with Crippen molar-refractivity contribution in [3.63, 3.8) is 0 Å². The van der Waals surface area contributed by atoms with Crippen molar-refractivity contribution in [1.82, 2.24) is 53.2 Å². The molecule has 32 nitrogen and oxygen atoms in total. The number of carbonyl (C=O) groups is 15. The second-order valence-corrected chi connectivity index (χ2v) is 24.6. The van der Waals surface area contributed by atoms with Gasteiger partial charge in [-0.3, -0.25) is 71.9 Å². The fourth-order valence-electron chi connectivity index (χ4n) is 9.45. The van der Waals surface area contributed by atoms with Gasteiger partial charge in [-0.05, 0) is 91.4 Å². The van der Waals surface area contributed by atoms with Gasteiger partial charge in [0.05, 0.1) is 37.0 Å². The first-order chi connectivity index (χ1) is 41.5. The first-order valence-corrected chi connectivity index (χ1v) is 30.0. The summed E-state index contributed by atoms with van der Waals surface area (Å²) in [6.07, 6.45) is -1.64. The molecular weight excluding hydrogens is 1180 g/mol. The lowest BCUT2D eigenvalue weighted by molar-refractivity contribution is -0.143. The minimum atomic E-state index is -2.02. The summed E-state index contributed by atoms with van der Waals surface area (Å²) in [6.45, 7) is 17.7. The van der Waals surface area contributed by atoms with Crippen LogP contribution < -0.4 is 76.1 Å². The van der Waals surface area contributed by atoms with E-state index in [4.69, 9.17) is 22.9 Å². The quantitative estimate of drug-likeness (QED) is 0.0331. The molecule has 0 saturated heterocycles. The van der Waals surface area contributed by atoms with Gasteiger partial charge in [-0.15, -0.1) is 0 Å². The smallest absolute Gasteiger partial charge is 0.305 e. The van der Waals surface area contributed by atoms with Crippen LogP contribution in [0.5, 0.6) is 0 Å². The number of carboxylic acid groups (broad SMARTS) is 1. The normalized spacial score (nSPS) is 23.6. The van der Waals surface area contributed by atoms with E-state index in [1.807, 2.05) is 0 Å². The highest BCUT2D eigenvalue weighted by molar-refractivity contribution is 6.02. The van der Waals surface area contributed by atoms with Crippen molar-refractivity contribution in [2.24, 2.45) is 40.2 Å². The van der Waals surface area contributed by atoms with Crippen LogP contribution in [0, 0.1) is 17.3 Å². The van der Waals surface area contributed by atoms with Gasteiger partial charge >= 0.3 is 5.97 Å². The Morgan fingerprint density at radius 1 is 0.633 bits per heavy atom. The Morgan fingerprint density at radius 2 is 1.17 bits per heavy atom. The van der Waals surface area contributed by atoms with Gasteiger partial charge in [-0.1, -0.05) is 73.5 Å². The molecule has 0 aromatic carbocycles. The van der Waals surface area contributed by atoms with E-state index in [-0.39, 0.29) is 44.3 Å². The first-order valence-electron chi connectivity index (χ1n) is 30.0. The van der Waals surface area contributed by atoms with Crippen LogP contribution in [0.3, 0.4) is 0 Å². The third kappa shape index (κ3) is 26.1. The predicted molar refractivity (Wildman–Crippen MR) is 324 cm³/mol. The van der Waals surface area contributed by atoms with Gasteiger partial charge in [0.25, 0.3) is 0 Å². The van der Waals surface area contributed by atoms with Crippen molar-refractivity contribution in [3.8, 4) is 0 Å². The molecule has 0 fully saturated rings. The summed E-state index contributed by atoms with van der Waals surface area (Å²) in [7, 11) is 0. The number of aliphatic carboxylic acids is 1. The van der Waals surface area contributed by atoms with Gasteiger partial charge in [-0.25, -0.2) is 0 Å². The Kier molecular flexibility index (Phi) is 32.4. The minimum Gasteiger partial charge on any atom is -0.481 e. The number of carboxylic acids is 1. The molecule has 13 amide bonds. The monoisotopic (exact) mass is 1280 g/mol. The Labute approximate surface area is 524 Å². The molecule has 1 heterocycles. The molecule has 0 aliphatic carbocycles. The molecule has 1 aliphatic heterocycles. The number of primary amides is 3. The van der Waals surface area contributed by atoms with Crippen molar-refractivity contribution in [2.45, 2.75) is 244 Å². The number of hydrogen-bond donors (Lipinski definition) is 17. The number of rotatable bonds is 28. The zero-order valence-corrected chi connectivity index (χ0v) is 53.6. The standard InChI is InChI=1S/C58H98N14O18/c1-13-28(3)42(68-45(80)30(5)63-47(82)34(25-38(60)76)65-46(81)33(21-22-37(59)75)64-50(85)41(62)31(6)73)51(86)67-36(27-40(78)79)49(84)72-58(12)24-20-18-16-15-17-19-23-57(11,54(89)56(8,9)10)71-48(83)35(26-39(61)77)66-53(88)44(32(7)74)69-52(87)43(29(4)14-2)70-55(58)90/h15-16,28-36,41-44,73-74H,13-14,17-27,62H2,1-12H3,(H2,59,75)(H2,60,76)(H2,61,77)(H,63,82)(H,64,85)(H,65,81)(H,66,88)(H,67,86)(H,68,80)(H,69,87)(H,70,90)(H,71,83)(H,72,84)(H,78,79)/b16-15-/t28-,29-,30-,31+,32+,33-,34-,35-,36-,41-,42-,43-,44-,57-,58-/m0/s1. The molecule has 0 aromatic heterocycles. The third-order valence-electron chi connectivity index (χ3n) is 15.4. The number of nitrogens with two attached hydrogens (primary N) is 4. The first kappa shape index (κ1) is 79.9. The van der Waals surface area contributed by atoms with Crippen LogP contribution in [0.2, 0.25) is 0 Å². The maximum atomic E-state index is 14.7. The van der Waals surface area contributed by atoms with Crippen LogP contribution in [0.1, 0.15) is 167 Å². The van der Waals surface area contributed by atoms with Crippen LogP contribution in [0.25, 0.3) is 0 Å². The molecule has 0 spiro atoms. The highest BCUT2D eigenvalue weighted by atomic mass is 16.4. The highest BCUT2D eigenvalue weighted by Gasteiger charge is 2.45. The van der Waals surface area contributed by atoms with Crippen LogP contribution >= 0.6 is 0 Å². The number of hydrogen-bond acceptors (Lipinski definition) is 18. The van der Waals surface area contributed by atoms with Gasteiger partial charge in [0.2, 0.25) is 76.8 Å². The van der Waals surface area contributed by atoms with Gasteiger partial charge in [0.15, 0.2) is 5.78 Å². The second-order valence-electron chi connectivity index (χ2n) is 24.6. The molecule has 15 atom stereocenters. The van der Waals surface area contributed by atoms with Crippen molar-refractivity contribution >= 4 is 88.5 Å². The van der Waals surface area contributed by atoms with E-state index in [1.165, 1.54) is 27.7 Å². The largest absolute Gasteiger partial charge is 0.481 e. The average molecular weight is 1280 g/mol. The topological polar surface area (TPSA) is 541 Å².